The van der Waals surface area contributed by atoms with Gasteiger partial charge in [0.25, 0.3) is 0 Å². The van der Waals surface area contributed by atoms with Crippen LogP contribution in [0.2, 0.25) is 0 Å². The van der Waals surface area contributed by atoms with Crippen LogP contribution in [0.4, 0.5) is 0 Å². The van der Waals surface area contributed by atoms with Crippen molar-refractivity contribution in [2.45, 2.75) is 104 Å². The molecule has 11 atom stereocenters. The molecule has 7 heteroatoms. The van der Waals surface area contributed by atoms with Crippen LogP contribution in [-0.4, -0.2) is 51.4 Å². The molecule has 0 aromatic carbocycles. The van der Waals surface area contributed by atoms with Crippen LogP contribution >= 0.6 is 0 Å². The number of hydrogen-bond donors (Lipinski definition) is 3. The third kappa shape index (κ3) is 4.11. The third-order valence-electron chi connectivity index (χ3n) is 10.9. The minimum atomic E-state index is -0.777. The molecule has 4 aliphatic rings. The van der Waals surface area contributed by atoms with Gasteiger partial charge in [-0.3, -0.25) is 9.59 Å². The minimum absolute atomic E-state index is 0.0433. The molecule has 0 aromatic rings. The van der Waals surface area contributed by atoms with E-state index in [2.05, 4.69) is 20.8 Å². The number of aliphatic hydroxyl groups is 2. The number of hydrogen-bond acceptors (Lipinski definition) is 6. The van der Waals surface area contributed by atoms with Gasteiger partial charge < -0.3 is 20.1 Å². The topological polar surface area (TPSA) is 121 Å². The molecule has 34 heavy (non-hydrogen) atoms. The van der Waals surface area contributed by atoms with Crippen LogP contribution in [0.1, 0.15) is 85.5 Å². The summed E-state index contributed by atoms with van der Waals surface area (Å²) in [5.41, 5.74) is -0.351. The quantitative estimate of drug-likeness (QED) is 0.394. The first-order valence-electron chi connectivity index (χ1n) is 13.2. The fraction of sp³-hybridized carbons (Fsp3) is 0.889. The van der Waals surface area contributed by atoms with Crippen LogP contribution in [0.3, 0.4) is 0 Å². The van der Waals surface area contributed by atoms with Crippen LogP contribution in [0.15, 0.2) is 0 Å². The van der Waals surface area contributed by atoms with E-state index in [9.17, 15) is 24.6 Å². The first-order chi connectivity index (χ1) is 15.9. The second-order valence-corrected chi connectivity index (χ2v) is 12.4. The van der Waals surface area contributed by atoms with Gasteiger partial charge >= 0.3 is 11.9 Å². The molecule has 0 spiro atoms. The van der Waals surface area contributed by atoms with E-state index in [1.165, 1.54) is 6.92 Å². The van der Waals surface area contributed by atoms with Crippen LogP contribution in [-0.2, 0) is 19.1 Å². The first kappa shape index (κ1) is 25.6. The van der Waals surface area contributed by atoms with Gasteiger partial charge in [-0.1, -0.05) is 20.8 Å². The second-order valence-electron chi connectivity index (χ2n) is 12.4. The van der Waals surface area contributed by atoms with Gasteiger partial charge in [-0.25, -0.2) is 4.79 Å². The number of carboxylic acid groups (broad SMARTS) is 1. The van der Waals surface area contributed by atoms with Crippen molar-refractivity contribution in [2.75, 3.05) is 0 Å². The first-order valence-corrected chi connectivity index (χ1v) is 13.2. The van der Waals surface area contributed by atoms with Gasteiger partial charge in [0.15, 0.2) is 0 Å². The number of aliphatic carboxylic acids is 1. The summed E-state index contributed by atoms with van der Waals surface area (Å²) >= 11 is 0. The van der Waals surface area contributed by atoms with E-state index >= 15 is 0 Å². The van der Waals surface area contributed by atoms with Gasteiger partial charge in [0, 0.05) is 13.3 Å². The van der Waals surface area contributed by atoms with Crippen LogP contribution in [0.5, 0.6) is 0 Å². The summed E-state index contributed by atoms with van der Waals surface area (Å²) in [6.45, 7) is 7.83. The molecule has 0 bridgehead atoms. The molecule has 0 heterocycles. The maximum absolute atomic E-state index is 11.8. The Labute approximate surface area is 202 Å². The fourth-order valence-electron chi connectivity index (χ4n) is 9.01. The van der Waals surface area contributed by atoms with E-state index in [0.717, 1.165) is 19.3 Å². The zero-order chi connectivity index (χ0) is 25.0. The van der Waals surface area contributed by atoms with Crippen LogP contribution < -0.4 is 0 Å². The summed E-state index contributed by atoms with van der Waals surface area (Å²) in [5.74, 6) is -0.928. The Bertz CT molecular complexity index is 826. The SMILES string of the molecule is CC(=O)C(=O)O[C@@H]1CC[C@@]2(C)[C@@H](C1)C[C@@H](O)[C@@H]1[C@@H]2C[C@H](O)[C@]2(C)[C@@H]([C@H](C)CCC(=O)O)CC[C@@H]12. The number of carbonyl (C=O) groups excluding carboxylic acids is 2. The Morgan fingerprint density at radius 3 is 2.38 bits per heavy atom. The Morgan fingerprint density at radius 1 is 1.03 bits per heavy atom. The lowest BCUT2D eigenvalue weighted by atomic mass is 9.43. The predicted molar refractivity (Wildman–Crippen MR) is 125 cm³/mol. The average molecular weight is 479 g/mol. The number of aliphatic hydroxyl groups excluding tert-OH is 2. The van der Waals surface area contributed by atoms with E-state index in [4.69, 9.17) is 9.84 Å². The van der Waals surface area contributed by atoms with Crippen molar-refractivity contribution < 1.29 is 34.4 Å². The molecule has 0 aromatic heterocycles. The molecule has 0 unspecified atom stereocenters. The zero-order valence-electron chi connectivity index (χ0n) is 21.0. The molecular weight excluding hydrogens is 436 g/mol. The molecule has 0 amide bonds. The Morgan fingerprint density at radius 2 is 1.74 bits per heavy atom. The van der Waals surface area contributed by atoms with Crippen molar-refractivity contribution in [1.82, 2.24) is 0 Å². The molecule has 3 N–H and O–H groups in total. The van der Waals surface area contributed by atoms with E-state index in [-0.39, 0.29) is 58.9 Å². The highest BCUT2D eigenvalue weighted by Gasteiger charge is 2.65. The smallest absolute Gasteiger partial charge is 0.374 e. The molecular formula is C27H42O7. The summed E-state index contributed by atoms with van der Waals surface area (Å²) in [5, 5.41) is 32.2. The highest BCUT2D eigenvalue weighted by molar-refractivity contribution is 6.32. The normalized spacial score (nSPS) is 46.5. The summed E-state index contributed by atoms with van der Waals surface area (Å²) in [4.78, 5) is 34.3. The third-order valence-corrected chi connectivity index (χ3v) is 10.9. The fourth-order valence-corrected chi connectivity index (χ4v) is 9.01. The largest absolute Gasteiger partial charge is 0.481 e. The lowest BCUT2D eigenvalue weighted by Gasteiger charge is -2.63. The number of Topliss-reactive ketones (excluding diaryl/α,β-unsaturated/α-hetero) is 1. The van der Waals surface area contributed by atoms with Crippen molar-refractivity contribution in [2.24, 2.45) is 46.3 Å². The van der Waals surface area contributed by atoms with Gasteiger partial charge in [0.1, 0.15) is 6.10 Å². The van der Waals surface area contributed by atoms with Crippen molar-refractivity contribution in [1.29, 1.82) is 0 Å². The summed E-state index contributed by atoms with van der Waals surface area (Å²) < 4.78 is 5.44. The number of esters is 1. The monoisotopic (exact) mass is 478 g/mol. The van der Waals surface area contributed by atoms with E-state index in [1.807, 2.05) is 0 Å². The lowest BCUT2D eigenvalue weighted by molar-refractivity contribution is -0.209. The van der Waals surface area contributed by atoms with Gasteiger partial charge in [0.05, 0.1) is 12.2 Å². The Hall–Kier alpha value is -1.47. The van der Waals surface area contributed by atoms with Gasteiger partial charge in [-0.15, -0.1) is 0 Å². The van der Waals surface area contributed by atoms with Crippen molar-refractivity contribution in [3.05, 3.63) is 0 Å². The standard InChI is InChI=1S/C27H42O7/c1-14(5-8-23(31)32)18-6-7-19-24-20(13-22(30)27(18,19)4)26(3)10-9-17(34-25(33)15(2)28)11-16(26)12-21(24)29/h14,16-22,24,29-30H,5-13H2,1-4H3,(H,31,32)/t14-,16+,17-,18-,19+,20+,21-,22+,24+,26+,27-/m1/s1. The van der Waals surface area contributed by atoms with Crippen LogP contribution in [0.25, 0.3) is 0 Å². The van der Waals surface area contributed by atoms with Crippen LogP contribution in [0, 0.1) is 46.3 Å². The molecule has 0 saturated heterocycles. The number of ether oxygens (including phenoxy) is 1. The highest BCUT2D eigenvalue weighted by atomic mass is 16.5. The summed E-state index contributed by atoms with van der Waals surface area (Å²) in [6.07, 6.45) is 5.01. The molecule has 7 nitrogen and oxygen atoms in total. The molecule has 4 fully saturated rings. The number of fused-ring (bicyclic) bond motifs is 5. The van der Waals surface area contributed by atoms with Crippen molar-refractivity contribution in [3.8, 4) is 0 Å². The Kier molecular flexibility index (Phi) is 6.93. The average Bonchev–Trinajstić information content (AvgIpc) is 3.12. The van der Waals surface area contributed by atoms with E-state index in [1.54, 1.807) is 0 Å². The molecule has 4 saturated carbocycles. The number of rotatable bonds is 6. The molecule has 0 aliphatic heterocycles. The molecule has 0 radical (unpaired) electrons. The van der Waals surface area contributed by atoms with Gasteiger partial charge in [-0.2, -0.15) is 0 Å². The molecule has 4 aliphatic carbocycles. The lowest BCUT2D eigenvalue weighted by Crippen LogP contribution is -2.62. The van der Waals surface area contributed by atoms with E-state index < -0.39 is 29.9 Å². The number of carbonyl (C=O) groups is 3. The van der Waals surface area contributed by atoms with Crippen molar-refractivity contribution >= 4 is 17.7 Å². The van der Waals surface area contributed by atoms with Gasteiger partial charge in [0.2, 0.25) is 5.78 Å². The minimum Gasteiger partial charge on any atom is -0.481 e. The van der Waals surface area contributed by atoms with Crippen molar-refractivity contribution in [3.63, 3.8) is 0 Å². The maximum atomic E-state index is 11.8. The Balaban J connectivity index is 1.54. The molecule has 4 rings (SSSR count). The maximum Gasteiger partial charge on any atom is 0.374 e. The van der Waals surface area contributed by atoms with E-state index in [0.29, 0.717) is 32.1 Å². The summed E-state index contributed by atoms with van der Waals surface area (Å²) in [6, 6.07) is 0. The van der Waals surface area contributed by atoms with Gasteiger partial charge in [-0.05, 0) is 97.7 Å². The zero-order valence-corrected chi connectivity index (χ0v) is 21.0. The predicted octanol–water partition coefficient (Wildman–Crippen LogP) is 3.59. The second kappa shape index (κ2) is 9.20. The number of ketones is 1. The number of carboxylic acids is 1. The highest BCUT2D eigenvalue weighted by Crippen LogP contribution is 2.68. The summed E-state index contributed by atoms with van der Waals surface area (Å²) in [7, 11) is 0. The molecule has 192 valence electrons.